The van der Waals surface area contributed by atoms with Gasteiger partial charge in [0.25, 0.3) is 5.91 Å². The van der Waals surface area contributed by atoms with E-state index in [4.69, 9.17) is 0 Å². The average Bonchev–Trinajstić information content (AvgIpc) is 2.87. The van der Waals surface area contributed by atoms with Crippen LogP contribution in [0.3, 0.4) is 0 Å². The largest absolute Gasteiger partial charge is 0.317 e. The minimum Gasteiger partial charge on any atom is -0.317 e. The zero-order chi connectivity index (χ0) is 13.7. The summed E-state index contributed by atoms with van der Waals surface area (Å²) in [7, 11) is 1.53. The molecule has 1 aliphatic rings. The lowest BCUT2D eigenvalue weighted by Crippen LogP contribution is -2.26. The number of imidazole rings is 1. The predicted molar refractivity (Wildman–Crippen MR) is 70.6 cm³/mol. The van der Waals surface area contributed by atoms with Gasteiger partial charge in [-0.1, -0.05) is 0 Å². The van der Waals surface area contributed by atoms with Crippen molar-refractivity contribution in [3.8, 4) is 0 Å². The Morgan fingerprint density at radius 2 is 1.89 bits per heavy atom. The Morgan fingerprint density at radius 3 is 2.53 bits per heavy atom. The van der Waals surface area contributed by atoms with Crippen molar-refractivity contribution in [1.82, 2.24) is 14.5 Å². The zero-order valence-electron chi connectivity index (χ0n) is 11.2. The smallest absolute Gasteiger partial charge is 0.252 e. The van der Waals surface area contributed by atoms with Crippen LogP contribution in [0.5, 0.6) is 0 Å². The quantitative estimate of drug-likeness (QED) is 0.729. The number of fused-ring (bicyclic) bond motifs is 1. The van der Waals surface area contributed by atoms with Crippen molar-refractivity contribution in [2.75, 3.05) is 7.05 Å². The van der Waals surface area contributed by atoms with Crippen LogP contribution in [-0.4, -0.2) is 33.3 Å². The molecule has 5 heteroatoms. The molecule has 0 aliphatic carbocycles. The number of benzene rings is 1. The summed E-state index contributed by atoms with van der Waals surface area (Å²) in [5.74, 6) is -0.303. The monoisotopic (exact) mass is 257 g/mol. The Labute approximate surface area is 110 Å². The number of rotatable bonds is 1. The van der Waals surface area contributed by atoms with Gasteiger partial charge < -0.3 is 4.57 Å². The molecule has 0 spiro atoms. The van der Waals surface area contributed by atoms with Gasteiger partial charge in [0, 0.05) is 7.05 Å². The molecular formula is C14H15N3O2. The van der Waals surface area contributed by atoms with Crippen molar-refractivity contribution < 1.29 is 9.59 Å². The summed E-state index contributed by atoms with van der Waals surface area (Å²) < 4.78 is 1.81. The molecule has 1 aromatic carbocycles. The number of hydrogen-bond acceptors (Lipinski definition) is 3. The zero-order valence-corrected chi connectivity index (χ0v) is 11.2. The van der Waals surface area contributed by atoms with Crippen LogP contribution in [-0.2, 0) is 9.59 Å². The minimum atomic E-state index is -0.454. The topological polar surface area (TPSA) is 55.2 Å². The van der Waals surface area contributed by atoms with Gasteiger partial charge in [-0.15, -0.1) is 0 Å². The summed E-state index contributed by atoms with van der Waals surface area (Å²) in [5.41, 5.74) is 4.09. The molecule has 5 nitrogen and oxygen atoms in total. The van der Waals surface area contributed by atoms with Crippen molar-refractivity contribution >= 4 is 22.8 Å². The van der Waals surface area contributed by atoms with E-state index in [-0.39, 0.29) is 18.2 Å². The Morgan fingerprint density at radius 1 is 1.21 bits per heavy atom. The van der Waals surface area contributed by atoms with Gasteiger partial charge in [0.05, 0.1) is 23.8 Å². The third-order valence-corrected chi connectivity index (χ3v) is 3.88. The Balaban J connectivity index is 2.14. The number of aryl methyl sites for hydroxylation is 2. The number of aromatic nitrogens is 2. The van der Waals surface area contributed by atoms with Gasteiger partial charge >= 0.3 is 0 Å². The molecule has 2 aromatic rings. The van der Waals surface area contributed by atoms with Crippen LogP contribution in [0.15, 0.2) is 18.5 Å². The van der Waals surface area contributed by atoms with Crippen LogP contribution in [0, 0.1) is 13.8 Å². The second-order valence-corrected chi connectivity index (χ2v) is 5.09. The van der Waals surface area contributed by atoms with E-state index in [1.165, 1.54) is 17.5 Å². The third kappa shape index (κ3) is 1.65. The molecule has 0 radical (unpaired) electrons. The van der Waals surface area contributed by atoms with Crippen molar-refractivity contribution in [3.63, 3.8) is 0 Å². The van der Waals surface area contributed by atoms with Gasteiger partial charge in [-0.3, -0.25) is 14.5 Å². The number of likely N-dealkylation sites (tertiary alicyclic amines) is 1. The van der Waals surface area contributed by atoms with Crippen LogP contribution in [0.4, 0.5) is 0 Å². The first-order valence-electron chi connectivity index (χ1n) is 6.23. The van der Waals surface area contributed by atoms with E-state index in [0.717, 1.165) is 16.6 Å². The molecule has 0 N–H and O–H groups in total. The first kappa shape index (κ1) is 11.9. The number of imide groups is 1. The maximum absolute atomic E-state index is 12.1. The fourth-order valence-corrected chi connectivity index (χ4v) is 2.48. The Kier molecular flexibility index (Phi) is 2.45. The van der Waals surface area contributed by atoms with Crippen LogP contribution in [0.1, 0.15) is 23.6 Å². The summed E-state index contributed by atoms with van der Waals surface area (Å²) in [5, 5.41) is 0. The molecule has 0 unspecified atom stereocenters. The molecule has 1 atom stereocenters. The number of carbonyl (C=O) groups excluding carboxylic acids is 2. The fraction of sp³-hybridized carbons (Fsp3) is 0.357. The first-order chi connectivity index (χ1) is 8.99. The maximum Gasteiger partial charge on any atom is 0.252 e. The SMILES string of the molecule is Cc1cc2ncn([C@@H]3CC(=O)N(C)C3=O)c2cc1C. The third-order valence-electron chi connectivity index (χ3n) is 3.88. The van der Waals surface area contributed by atoms with Crippen LogP contribution >= 0.6 is 0 Å². The average molecular weight is 257 g/mol. The van der Waals surface area contributed by atoms with Gasteiger partial charge in [-0.05, 0) is 37.1 Å². The van der Waals surface area contributed by atoms with Gasteiger partial charge in [-0.25, -0.2) is 4.98 Å². The second-order valence-electron chi connectivity index (χ2n) is 5.09. The maximum atomic E-state index is 12.1. The molecule has 0 bridgehead atoms. The molecular weight excluding hydrogens is 242 g/mol. The van der Waals surface area contributed by atoms with Crippen molar-refractivity contribution in [3.05, 3.63) is 29.6 Å². The number of hydrogen-bond donors (Lipinski definition) is 0. The van der Waals surface area contributed by atoms with E-state index in [2.05, 4.69) is 4.98 Å². The van der Waals surface area contributed by atoms with E-state index in [1.54, 1.807) is 6.33 Å². The van der Waals surface area contributed by atoms with E-state index in [0.29, 0.717) is 0 Å². The fourth-order valence-electron chi connectivity index (χ4n) is 2.48. The molecule has 2 amide bonds. The summed E-state index contributed by atoms with van der Waals surface area (Å²) in [6, 6.07) is 3.57. The Hall–Kier alpha value is -2.17. The highest BCUT2D eigenvalue weighted by Gasteiger charge is 2.37. The molecule has 0 saturated carbocycles. The van der Waals surface area contributed by atoms with Gasteiger partial charge in [0.2, 0.25) is 5.91 Å². The van der Waals surface area contributed by atoms with E-state index < -0.39 is 6.04 Å². The number of likely N-dealkylation sites (N-methyl/N-ethyl adjacent to an activating group) is 1. The molecule has 1 aliphatic heterocycles. The second kappa shape index (κ2) is 3.91. The molecule has 98 valence electrons. The van der Waals surface area contributed by atoms with Gasteiger partial charge in [0.15, 0.2) is 0 Å². The molecule has 1 aromatic heterocycles. The molecule has 1 fully saturated rings. The summed E-state index contributed by atoms with van der Waals surface area (Å²) in [6.45, 7) is 4.06. The number of carbonyl (C=O) groups is 2. The lowest BCUT2D eigenvalue weighted by atomic mass is 10.1. The number of amides is 2. The summed E-state index contributed by atoms with van der Waals surface area (Å²) in [4.78, 5) is 29.2. The van der Waals surface area contributed by atoms with Gasteiger partial charge in [0.1, 0.15) is 6.04 Å². The van der Waals surface area contributed by atoms with Crippen molar-refractivity contribution in [1.29, 1.82) is 0 Å². The molecule has 1 saturated heterocycles. The summed E-state index contributed by atoms with van der Waals surface area (Å²) >= 11 is 0. The van der Waals surface area contributed by atoms with Crippen LogP contribution in [0.2, 0.25) is 0 Å². The van der Waals surface area contributed by atoms with Gasteiger partial charge in [-0.2, -0.15) is 0 Å². The van der Waals surface area contributed by atoms with E-state index >= 15 is 0 Å². The van der Waals surface area contributed by atoms with Crippen LogP contribution in [0.25, 0.3) is 11.0 Å². The van der Waals surface area contributed by atoms with E-state index in [9.17, 15) is 9.59 Å². The van der Waals surface area contributed by atoms with E-state index in [1.807, 2.05) is 30.5 Å². The summed E-state index contributed by atoms with van der Waals surface area (Å²) in [6.07, 6.45) is 1.87. The highest BCUT2D eigenvalue weighted by molar-refractivity contribution is 6.04. The number of nitrogens with zero attached hydrogens (tertiary/aromatic N) is 3. The molecule has 3 rings (SSSR count). The lowest BCUT2D eigenvalue weighted by molar-refractivity contribution is -0.137. The standard InChI is InChI=1S/C14H15N3O2/c1-8-4-10-11(5-9(8)2)17(7-15-10)12-6-13(18)16(3)14(12)19/h4-5,7,12H,6H2,1-3H3/t12-/m1/s1. The normalized spacial score (nSPS) is 19.7. The minimum absolute atomic E-state index is 0.138. The molecule has 19 heavy (non-hydrogen) atoms. The first-order valence-corrected chi connectivity index (χ1v) is 6.23. The highest BCUT2D eigenvalue weighted by atomic mass is 16.2. The lowest BCUT2D eigenvalue weighted by Gasteiger charge is -2.12. The predicted octanol–water partition coefficient (Wildman–Crippen LogP) is 1.58. The van der Waals surface area contributed by atoms with Crippen molar-refractivity contribution in [2.45, 2.75) is 26.3 Å². The van der Waals surface area contributed by atoms with Crippen LogP contribution < -0.4 is 0 Å². The molecule has 2 heterocycles. The highest BCUT2D eigenvalue weighted by Crippen LogP contribution is 2.28. The van der Waals surface area contributed by atoms with Crippen molar-refractivity contribution in [2.24, 2.45) is 0 Å². The Bertz CT molecular complexity index is 702.